The topological polar surface area (TPSA) is 114 Å². The lowest BCUT2D eigenvalue weighted by atomic mass is 9.91. The normalized spacial score (nSPS) is 24.8. The van der Waals surface area contributed by atoms with Crippen LogP contribution < -0.4 is 0 Å². The second-order valence-electron chi connectivity index (χ2n) is 7.62. The average molecular weight is 450 g/mol. The van der Waals surface area contributed by atoms with Crippen molar-refractivity contribution in [3.8, 4) is 0 Å². The number of esters is 4. The molecule has 9 nitrogen and oxygen atoms in total. The summed E-state index contributed by atoms with van der Waals surface area (Å²) >= 11 is 0. The number of carbonyl (C=O) groups is 4. The van der Waals surface area contributed by atoms with Crippen molar-refractivity contribution in [2.24, 2.45) is 0 Å². The van der Waals surface area contributed by atoms with Crippen molar-refractivity contribution in [2.75, 3.05) is 6.61 Å². The van der Waals surface area contributed by atoms with Gasteiger partial charge in [0.1, 0.15) is 12.7 Å². The van der Waals surface area contributed by atoms with Crippen molar-refractivity contribution in [2.45, 2.75) is 77.5 Å². The van der Waals surface area contributed by atoms with Crippen LogP contribution in [-0.4, -0.2) is 61.0 Å². The molecule has 176 valence electrons. The van der Waals surface area contributed by atoms with E-state index in [0.29, 0.717) is 12.8 Å². The first-order chi connectivity index (χ1) is 15.2. The van der Waals surface area contributed by atoms with Crippen molar-refractivity contribution in [1.82, 2.24) is 0 Å². The quantitative estimate of drug-likeness (QED) is 0.412. The van der Waals surface area contributed by atoms with E-state index in [4.69, 9.17) is 23.7 Å². The highest BCUT2D eigenvalue weighted by Crippen LogP contribution is 2.31. The van der Waals surface area contributed by atoms with Gasteiger partial charge in [-0.3, -0.25) is 19.2 Å². The van der Waals surface area contributed by atoms with Crippen molar-refractivity contribution in [3.63, 3.8) is 0 Å². The number of hydrogen-bond acceptors (Lipinski definition) is 9. The summed E-state index contributed by atoms with van der Waals surface area (Å²) in [6, 6.07) is 9.84. The molecule has 1 aromatic rings. The molecule has 32 heavy (non-hydrogen) atoms. The first-order valence-corrected chi connectivity index (χ1v) is 10.5. The number of benzene rings is 1. The minimum absolute atomic E-state index is 0.215. The third-order valence-electron chi connectivity index (χ3n) is 4.88. The zero-order valence-electron chi connectivity index (χ0n) is 18.8. The first-order valence-electron chi connectivity index (χ1n) is 10.5. The summed E-state index contributed by atoms with van der Waals surface area (Å²) in [6.45, 7) is 4.66. The summed E-state index contributed by atoms with van der Waals surface area (Å²) in [5.74, 6) is -2.42. The van der Waals surface area contributed by atoms with Crippen LogP contribution >= 0.6 is 0 Å². The Labute approximate surface area is 187 Å². The van der Waals surface area contributed by atoms with Crippen molar-refractivity contribution in [3.05, 3.63) is 35.9 Å². The molecule has 0 N–H and O–H groups in total. The van der Waals surface area contributed by atoms with Crippen molar-refractivity contribution in [1.29, 1.82) is 0 Å². The van der Waals surface area contributed by atoms with Gasteiger partial charge < -0.3 is 23.7 Å². The molecule has 1 aliphatic heterocycles. The molecule has 1 heterocycles. The Morgan fingerprint density at radius 2 is 1.28 bits per heavy atom. The van der Waals surface area contributed by atoms with Gasteiger partial charge in [0.25, 0.3) is 0 Å². The molecule has 0 saturated carbocycles. The van der Waals surface area contributed by atoms with E-state index in [9.17, 15) is 19.2 Å². The van der Waals surface area contributed by atoms with E-state index in [1.54, 1.807) is 0 Å². The summed E-state index contributed by atoms with van der Waals surface area (Å²) in [4.78, 5) is 46.7. The van der Waals surface area contributed by atoms with Crippen LogP contribution in [0.25, 0.3) is 0 Å². The highest BCUT2D eigenvalue weighted by atomic mass is 16.7. The zero-order valence-corrected chi connectivity index (χ0v) is 18.8. The Balaban J connectivity index is 2.28. The average Bonchev–Trinajstić information content (AvgIpc) is 2.70. The lowest BCUT2D eigenvalue weighted by molar-refractivity contribution is -0.253. The Morgan fingerprint density at radius 3 is 1.81 bits per heavy atom. The lowest BCUT2D eigenvalue weighted by Crippen LogP contribution is -2.62. The molecule has 1 saturated heterocycles. The molecule has 0 amide bonds. The maximum absolute atomic E-state index is 11.8. The zero-order chi connectivity index (χ0) is 23.7. The number of carbonyl (C=O) groups excluding carboxylic acids is 4. The highest BCUT2D eigenvalue weighted by Gasteiger charge is 2.51. The molecular weight excluding hydrogens is 420 g/mol. The fraction of sp³-hybridized carbons (Fsp3) is 0.565. The van der Waals surface area contributed by atoms with Gasteiger partial charge in [0, 0.05) is 27.7 Å². The Hall–Kier alpha value is -2.94. The Bertz CT molecular complexity index is 792. The van der Waals surface area contributed by atoms with Crippen LogP contribution in [0.15, 0.2) is 30.3 Å². The van der Waals surface area contributed by atoms with E-state index in [1.807, 2.05) is 30.3 Å². The Kier molecular flexibility index (Phi) is 9.64. The predicted molar refractivity (Wildman–Crippen MR) is 111 cm³/mol. The van der Waals surface area contributed by atoms with Crippen LogP contribution in [0.3, 0.4) is 0 Å². The highest BCUT2D eigenvalue weighted by molar-refractivity contribution is 5.68. The van der Waals surface area contributed by atoms with Gasteiger partial charge in [0.15, 0.2) is 18.3 Å². The summed E-state index contributed by atoms with van der Waals surface area (Å²) in [5.41, 5.74) is 1.14. The molecule has 0 aliphatic carbocycles. The van der Waals surface area contributed by atoms with E-state index in [0.717, 1.165) is 12.0 Å². The first kappa shape index (κ1) is 25.3. The maximum atomic E-state index is 11.8. The van der Waals surface area contributed by atoms with Crippen LogP contribution in [0.2, 0.25) is 0 Å². The molecule has 1 fully saturated rings. The fourth-order valence-corrected chi connectivity index (χ4v) is 3.70. The van der Waals surface area contributed by atoms with Crippen molar-refractivity contribution < 1.29 is 42.9 Å². The van der Waals surface area contributed by atoms with Gasteiger partial charge in [0.05, 0.1) is 6.10 Å². The molecule has 2 rings (SSSR count). The van der Waals surface area contributed by atoms with E-state index < -0.39 is 54.4 Å². The van der Waals surface area contributed by atoms with E-state index in [2.05, 4.69) is 0 Å². The van der Waals surface area contributed by atoms with Gasteiger partial charge >= 0.3 is 23.9 Å². The van der Waals surface area contributed by atoms with Crippen LogP contribution in [0.1, 0.15) is 46.1 Å². The van der Waals surface area contributed by atoms with Gasteiger partial charge in [-0.1, -0.05) is 30.3 Å². The molecule has 1 aliphatic rings. The van der Waals surface area contributed by atoms with Gasteiger partial charge in [0.2, 0.25) is 0 Å². The summed E-state index contributed by atoms with van der Waals surface area (Å²) < 4.78 is 27.4. The van der Waals surface area contributed by atoms with Gasteiger partial charge in [-0.15, -0.1) is 0 Å². The molecule has 0 bridgehead atoms. The van der Waals surface area contributed by atoms with Gasteiger partial charge in [-0.05, 0) is 24.8 Å². The molecular formula is C23H30O9. The third kappa shape index (κ3) is 7.96. The largest absolute Gasteiger partial charge is 0.463 e. The van der Waals surface area contributed by atoms with E-state index in [-0.39, 0.29) is 6.61 Å². The van der Waals surface area contributed by atoms with Crippen LogP contribution in [-0.2, 0) is 49.3 Å². The summed E-state index contributed by atoms with van der Waals surface area (Å²) in [7, 11) is 0. The van der Waals surface area contributed by atoms with Crippen LogP contribution in [0.4, 0.5) is 0 Å². The van der Waals surface area contributed by atoms with Gasteiger partial charge in [-0.25, -0.2) is 0 Å². The number of hydrogen-bond donors (Lipinski definition) is 0. The fourth-order valence-electron chi connectivity index (χ4n) is 3.70. The lowest BCUT2D eigenvalue weighted by Gasteiger charge is -2.44. The smallest absolute Gasteiger partial charge is 0.303 e. The second kappa shape index (κ2) is 12.2. The third-order valence-corrected chi connectivity index (χ3v) is 4.88. The molecule has 0 aromatic heterocycles. The van der Waals surface area contributed by atoms with Gasteiger partial charge in [-0.2, -0.15) is 0 Å². The standard InChI is InChI=1S/C23H30O9/c1-14(24)28-13-20-22(30-16(3)26)23(31-17(4)27)21(29-15(2)25)19(32-20)12-8-11-18-9-6-5-7-10-18/h5-7,9-10,19-23H,8,11-13H2,1-4H3/t19-,20?,21?,22+,23?/m0/s1. The molecule has 9 heteroatoms. The van der Waals surface area contributed by atoms with Crippen LogP contribution in [0.5, 0.6) is 0 Å². The molecule has 3 unspecified atom stereocenters. The SMILES string of the molecule is CC(=O)OCC1O[C@@H](CCCc2ccccc2)C(OC(C)=O)C(OC(C)=O)[C@@H]1OC(C)=O. The number of rotatable bonds is 9. The Morgan fingerprint density at radius 1 is 0.750 bits per heavy atom. The molecule has 0 spiro atoms. The summed E-state index contributed by atoms with van der Waals surface area (Å²) in [5, 5.41) is 0. The monoisotopic (exact) mass is 450 g/mol. The minimum Gasteiger partial charge on any atom is -0.463 e. The maximum Gasteiger partial charge on any atom is 0.303 e. The van der Waals surface area contributed by atoms with Crippen LogP contribution in [0, 0.1) is 0 Å². The van der Waals surface area contributed by atoms with E-state index >= 15 is 0 Å². The molecule has 0 radical (unpaired) electrons. The minimum atomic E-state index is -1.12. The van der Waals surface area contributed by atoms with E-state index in [1.165, 1.54) is 27.7 Å². The predicted octanol–water partition coefficient (Wildman–Crippen LogP) is 2.13. The summed E-state index contributed by atoms with van der Waals surface area (Å²) in [6.07, 6.45) is -2.88. The molecule has 5 atom stereocenters. The number of ether oxygens (including phenoxy) is 5. The second-order valence-corrected chi connectivity index (χ2v) is 7.62. The number of aryl methyl sites for hydroxylation is 1. The molecule has 1 aromatic carbocycles. The van der Waals surface area contributed by atoms with Crippen molar-refractivity contribution >= 4 is 23.9 Å².